The molecule has 2 rings (SSSR count). The van der Waals surface area contributed by atoms with Gasteiger partial charge in [-0.05, 0) is 41.5 Å². The average Bonchev–Trinajstić information content (AvgIpc) is 2.45. The number of methoxy groups -OCH3 is 1. The van der Waals surface area contributed by atoms with Crippen molar-refractivity contribution in [2.24, 2.45) is 0 Å². The monoisotopic (exact) mass is 298 g/mol. The van der Waals surface area contributed by atoms with E-state index in [-0.39, 0.29) is 11.1 Å². The lowest BCUT2D eigenvalue weighted by atomic mass is 9.99. The Morgan fingerprint density at radius 1 is 1.00 bits per heavy atom. The van der Waals surface area contributed by atoms with Gasteiger partial charge in [0.15, 0.2) is 0 Å². The summed E-state index contributed by atoms with van der Waals surface area (Å²) in [5.74, 6) is -1.37. The van der Waals surface area contributed by atoms with Gasteiger partial charge in [0.25, 0.3) is 0 Å². The molecule has 0 N–H and O–H groups in total. The number of halogens is 4. The minimum atomic E-state index is -4.60. The number of alkyl halides is 3. The van der Waals surface area contributed by atoms with Crippen molar-refractivity contribution in [3.05, 3.63) is 59.4 Å². The third-order valence-electron chi connectivity index (χ3n) is 2.86. The molecular formula is C15H10F4O2. The fourth-order valence-electron chi connectivity index (χ4n) is 1.84. The van der Waals surface area contributed by atoms with Crippen molar-refractivity contribution in [2.75, 3.05) is 7.11 Å². The first kappa shape index (κ1) is 15.0. The minimum absolute atomic E-state index is 0.158. The first-order valence-corrected chi connectivity index (χ1v) is 5.88. The fraction of sp³-hybridized carbons (Fsp3) is 0.133. The second-order valence-corrected chi connectivity index (χ2v) is 4.30. The van der Waals surface area contributed by atoms with Crippen LogP contribution >= 0.6 is 0 Å². The molecule has 0 bridgehead atoms. The number of esters is 1. The summed E-state index contributed by atoms with van der Waals surface area (Å²) in [6, 6.07) is 7.84. The number of hydrogen-bond acceptors (Lipinski definition) is 2. The zero-order valence-corrected chi connectivity index (χ0v) is 10.9. The van der Waals surface area contributed by atoms with Crippen LogP contribution in [-0.4, -0.2) is 13.1 Å². The summed E-state index contributed by atoms with van der Waals surface area (Å²) in [7, 11) is 1.08. The van der Waals surface area contributed by atoms with Crippen LogP contribution in [0.2, 0.25) is 0 Å². The normalized spacial score (nSPS) is 11.3. The van der Waals surface area contributed by atoms with Gasteiger partial charge in [0.2, 0.25) is 0 Å². The van der Waals surface area contributed by atoms with Gasteiger partial charge in [-0.1, -0.05) is 12.1 Å². The molecule has 0 atom stereocenters. The third kappa shape index (κ3) is 3.39. The summed E-state index contributed by atoms with van der Waals surface area (Å²) < 4.78 is 56.0. The molecular weight excluding hydrogens is 288 g/mol. The van der Waals surface area contributed by atoms with Crippen molar-refractivity contribution in [1.29, 1.82) is 0 Å². The van der Waals surface area contributed by atoms with Crippen molar-refractivity contribution < 1.29 is 27.1 Å². The van der Waals surface area contributed by atoms with Gasteiger partial charge in [0.05, 0.1) is 18.2 Å². The highest BCUT2D eigenvalue weighted by Gasteiger charge is 2.32. The van der Waals surface area contributed by atoms with Gasteiger partial charge in [-0.15, -0.1) is 0 Å². The Morgan fingerprint density at radius 3 is 2.14 bits per heavy atom. The van der Waals surface area contributed by atoms with Crippen LogP contribution in [0.15, 0.2) is 42.5 Å². The molecule has 0 spiro atoms. The fourth-order valence-corrected chi connectivity index (χ4v) is 1.84. The lowest BCUT2D eigenvalue weighted by molar-refractivity contribution is -0.137. The highest BCUT2D eigenvalue weighted by Crippen LogP contribution is 2.33. The number of rotatable bonds is 2. The molecule has 6 heteroatoms. The lowest BCUT2D eigenvalue weighted by Crippen LogP contribution is -2.09. The van der Waals surface area contributed by atoms with E-state index >= 15 is 0 Å². The van der Waals surface area contributed by atoms with E-state index in [1.807, 2.05) is 0 Å². The third-order valence-corrected chi connectivity index (χ3v) is 2.86. The standard InChI is InChI=1S/C15H10F4O2/c1-21-14(20)11-6-10(7-12(8-11)15(17,18)19)9-2-4-13(16)5-3-9/h2-8H,1H3. The molecule has 0 aliphatic rings. The molecule has 2 nitrogen and oxygen atoms in total. The van der Waals surface area contributed by atoms with Crippen molar-refractivity contribution in [3.8, 4) is 11.1 Å². The second kappa shape index (κ2) is 5.55. The molecule has 0 aliphatic carbocycles. The quantitative estimate of drug-likeness (QED) is 0.610. The molecule has 0 fully saturated rings. The van der Waals surface area contributed by atoms with Crippen LogP contribution in [0.3, 0.4) is 0 Å². The van der Waals surface area contributed by atoms with Crippen LogP contribution < -0.4 is 0 Å². The SMILES string of the molecule is COC(=O)c1cc(-c2ccc(F)cc2)cc(C(F)(F)F)c1. The molecule has 0 heterocycles. The van der Waals surface area contributed by atoms with Crippen molar-refractivity contribution in [2.45, 2.75) is 6.18 Å². The number of carbonyl (C=O) groups is 1. The van der Waals surface area contributed by atoms with E-state index < -0.39 is 23.5 Å². The Labute approximate surface area is 118 Å². The zero-order valence-electron chi connectivity index (χ0n) is 10.9. The van der Waals surface area contributed by atoms with Crippen LogP contribution in [0.4, 0.5) is 17.6 Å². The molecule has 0 saturated heterocycles. The van der Waals surface area contributed by atoms with Gasteiger partial charge in [0.1, 0.15) is 5.82 Å². The minimum Gasteiger partial charge on any atom is -0.465 e. The lowest BCUT2D eigenvalue weighted by Gasteiger charge is -2.11. The van der Waals surface area contributed by atoms with Gasteiger partial charge in [-0.3, -0.25) is 0 Å². The summed E-state index contributed by atoms with van der Waals surface area (Å²) in [4.78, 5) is 11.5. The molecule has 2 aromatic rings. The van der Waals surface area contributed by atoms with Crippen LogP contribution in [-0.2, 0) is 10.9 Å². The Kier molecular flexibility index (Phi) is 3.97. The summed E-state index contributed by atoms with van der Waals surface area (Å²) in [5, 5.41) is 0. The molecule has 0 radical (unpaired) electrons. The Balaban J connectivity index is 2.59. The largest absolute Gasteiger partial charge is 0.465 e. The summed E-state index contributed by atoms with van der Waals surface area (Å²) in [6.45, 7) is 0. The van der Waals surface area contributed by atoms with Gasteiger partial charge < -0.3 is 4.74 Å². The summed E-state index contributed by atoms with van der Waals surface area (Å²) in [6.07, 6.45) is -4.60. The first-order chi connectivity index (χ1) is 9.81. The summed E-state index contributed by atoms with van der Waals surface area (Å²) >= 11 is 0. The molecule has 0 amide bonds. The van der Waals surface area contributed by atoms with Crippen molar-refractivity contribution in [3.63, 3.8) is 0 Å². The molecule has 0 saturated carbocycles. The topological polar surface area (TPSA) is 26.3 Å². The smallest absolute Gasteiger partial charge is 0.416 e. The number of hydrogen-bond donors (Lipinski definition) is 0. The van der Waals surface area contributed by atoms with Gasteiger partial charge >= 0.3 is 12.1 Å². The first-order valence-electron chi connectivity index (χ1n) is 5.88. The predicted molar refractivity (Wildman–Crippen MR) is 68.2 cm³/mol. The molecule has 110 valence electrons. The van der Waals surface area contributed by atoms with Crippen LogP contribution in [0, 0.1) is 5.82 Å². The second-order valence-electron chi connectivity index (χ2n) is 4.30. The predicted octanol–water partition coefficient (Wildman–Crippen LogP) is 4.30. The van der Waals surface area contributed by atoms with Gasteiger partial charge in [-0.25, -0.2) is 9.18 Å². The number of benzene rings is 2. The Morgan fingerprint density at radius 2 is 1.62 bits per heavy atom. The van der Waals surface area contributed by atoms with E-state index in [4.69, 9.17) is 0 Å². The maximum Gasteiger partial charge on any atom is 0.416 e. The summed E-state index contributed by atoms with van der Waals surface area (Å²) in [5.41, 5.74) is -0.658. The maximum atomic E-state index is 12.9. The Hall–Kier alpha value is -2.37. The highest BCUT2D eigenvalue weighted by atomic mass is 19.4. The Bertz CT molecular complexity index is 660. The van der Waals surface area contributed by atoms with Gasteiger partial charge in [-0.2, -0.15) is 13.2 Å². The number of ether oxygens (including phenoxy) is 1. The van der Waals surface area contributed by atoms with Crippen LogP contribution in [0.1, 0.15) is 15.9 Å². The van der Waals surface area contributed by atoms with Crippen LogP contribution in [0.25, 0.3) is 11.1 Å². The molecule has 21 heavy (non-hydrogen) atoms. The molecule has 0 aromatic heterocycles. The highest BCUT2D eigenvalue weighted by molar-refractivity contribution is 5.91. The van der Waals surface area contributed by atoms with E-state index in [2.05, 4.69) is 4.74 Å². The zero-order chi connectivity index (χ0) is 15.6. The average molecular weight is 298 g/mol. The maximum absolute atomic E-state index is 12.9. The van der Waals surface area contributed by atoms with Crippen LogP contribution in [0.5, 0.6) is 0 Å². The van der Waals surface area contributed by atoms with E-state index in [1.54, 1.807) is 0 Å². The van der Waals surface area contributed by atoms with E-state index in [0.717, 1.165) is 31.4 Å². The molecule has 0 aliphatic heterocycles. The number of carbonyl (C=O) groups excluding carboxylic acids is 1. The van der Waals surface area contributed by atoms with Crippen molar-refractivity contribution >= 4 is 5.97 Å². The molecule has 0 unspecified atom stereocenters. The molecule has 2 aromatic carbocycles. The van der Waals surface area contributed by atoms with E-state index in [9.17, 15) is 22.4 Å². The van der Waals surface area contributed by atoms with E-state index in [0.29, 0.717) is 5.56 Å². The van der Waals surface area contributed by atoms with Crippen molar-refractivity contribution in [1.82, 2.24) is 0 Å². The van der Waals surface area contributed by atoms with E-state index in [1.165, 1.54) is 18.2 Å². The van der Waals surface area contributed by atoms with Gasteiger partial charge in [0, 0.05) is 0 Å².